The highest BCUT2D eigenvalue weighted by Crippen LogP contribution is 2.29. The number of benzene rings is 1. The van der Waals surface area contributed by atoms with Crippen molar-refractivity contribution in [1.82, 2.24) is 9.78 Å². The lowest BCUT2D eigenvalue weighted by molar-refractivity contribution is 0.750. The largest absolute Gasteiger partial charge is 0.329 e. The first kappa shape index (κ1) is 13.0. The molecule has 18 heavy (non-hydrogen) atoms. The molecule has 0 N–H and O–H groups in total. The molecule has 0 bridgehead atoms. The van der Waals surface area contributed by atoms with Gasteiger partial charge >= 0.3 is 0 Å². The predicted octanol–water partition coefficient (Wildman–Crippen LogP) is 3.54. The second-order valence-electron chi connectivity index (χ2n) is 4.54. The Hall–Kier alpha value is -1.48. The normalized spacial score (nSPS) is 10.7. The van der Waals surface area contributed by atoms with Gasteiger partial charge in [-0.2, -0.15) is 5.10 Å². The number of nitrogens with zero attached hydrogens (tertiary/aromatic N) is 3. The van der Waals surface area contributed by atoms with Crippen LogP contribution in [0, 0.1) is 13.8 Å². The third-order valence-electron chi connectivity index (χ3n) is 3.15. The Labute approximate surface area is 113 Å². The number of halogens is 1. The van der Waals surface area contributed by atoms with Crippen LogP contribution in [0.5, 0.6) is 0 Å². The number of hydrogen-bond donors (Lipinski definition) is 0. The molecule has 0 saturated carbocycles. The zero-order valence-corrected chi connectivity index (χ0v) is 12.0. The average molecular weight is 264 g/mol. The Morgan fingerprint density at radius 3 is 2.67 bits per heavy atom. The number of anilines is 2. The highest BCUT2D eigenvalue weighted by atomic mass is 35.5. The van der Waals surface area contributed by atoms with Crippen LogP contribution in [0.1, 0.15) is 16.8 Å². The zero-order valence-electron chi connectivity index (χ0n) is 11.2. The van der Waals surface area contributed by atoms with Crippen LogP contribution in [0.15, 0.2) is 24.3 Å². The van der Waals surface area contributed by atoms with E-state index in [1.54, 1.807) is 0 Å². The Bertz CT molecular complexity index is 560. The van der Waals surface area contributed by atoms with Crippen LogP contribution in [0.3, 0.4) is 0 Å². The van der Waals surface area contributed by atoms with E-state index in [0.717, 1.165) is 22.8 Å². The van der Waals surface area contributed by atoms with Gasteiger partial charge in [-0.15, -0.1) is 11.6 Å². The first-order chi connectivity index (χ1) is 8.54. The molecule has 1 heterocycles. The lowest BCUT2D eigenvalue weighted by Crippen LogP contribution is -2.15. The summed E-state index contributed by atoms with van der Waals surface area (Å²) in [6.45, 7) is 4.08. The van der Waals surface area contributed by atoms with E-state index in [2.05, 4.69) is 41.2 Å². The van der Waals surface area contributed by atoms with Crippen molar-refractivity contribution in [3.63, 3.8) is 0 Å². The molecular formula is C14H18ClN3. The molecule has 0 aliphatic carbocycles. The molecule has 96 valence electrons. The van der Waals surface area contributed by atoms with Gasteiger partial charge in [-0.05, 0) is 31.5 Å². The van der Waals surface area contributed by atoms with E-state index >= 15 is 0 Å². The smallest absolute Gasteiger partial charge is 0.135 e. The standard InChI is InChI=1S/C14H18ClN3/c1-10-6-5-7-12(8-10)17(3)14-13(9-15)11(2)16-18(14)4/h5-8H,9H2,1-4H3. The van der Waals surface area contributed by atoms with E-state index in [0.29, 0.717) is 5.88 Å². The Morgan fingerprint density at radius 2 is 2.06 bits per heavy atom. The van der Waals surface area contributed by atoms with Gasteiger partial charge in [-0.25, -0.2) is 0 Å². The number of hydrogen-bond acceptors (Lipinski definition) is 2. The minimum Gasteiger partial charge on any atom is -0.329 e. The van der Waals surface area contributed by atoms with E-state index < -0.39 is 0 Å². The fourth-order valence-corrected chi connectivity index (χ4v) is 2.54. The van der Waals surface area contributed by atoms with Crippen LogP contribution in [0.25, 0.3) is 0 Å². The monoisotopic (exact) mass is 263 g/mol. The van der Waals surface area contributed by atoms with Crippen LogP contribution >= 0.6 is 11.6 Å². The summed E-state index contributed by atoms with van der Waals surface area (Å²) in [5, 5.41) is 4.44. The number of aromatic nitrogens is 2. The van der Waals surface area contributed by atoms with Gasteiger partial charge in [0.25, 0.3) is 0 Å². The first-order valence-corrected chi connectivity index (χ1v) is 6.47. The molecule has 0 aliphatic rings. The van der Waals surface area contributed by atoms with Crippen molar-refractivity contribution in [2.24, 2.45) is 7.05 Å². The van der Waals surface area contributed by atoms with E-state index in [9.17, 15) is 0 Å². The Kier molecular flexibility index (Phi) is 3.62. The quantitative estimate of drug-likeness (QED) is 0.790. The molecule has 2 aromatic rings. The van der Waals surface area contributed by atoms with Gasteiger partial charge < -0.3 is 4.90 Å². The molecule has 0 atom stereocenters. The molecule has 0 spiro atoms. The maximum absolute atomic E-state index is 6.03. The van der Waals surface area contributed by atoms with Gasteiger partial charge in [0.2, 0.25) is 0 Å². The second-order valence-corrected chi connectivity index (χ2v) is 4.81. The fraction of sp³-hybridized carbons (Fsp3) is 0.357. The minimum atomic E-state index is 0.477. The van der Waals surface area contributed by atoms with Crippen molar-refractivity contribution in [3.05, 3.63) is 41.1 Å². The molecular weight excluding hydrogens is 246 g/mol. The summed E-state index contributed by atoms with van der Waals surface area (Å²) in [6, 6.07) is 8.40. The van der Waals surface area contributed by atoms with Gasteiger partial charge in [-0.1, -0.05) is 12.1 Å². The first-order valence-electron chi connectivity index (χ1n) is 5.93. The molecule has 3 nitrogen and oxygen atoms in total. The summed E-state index contributed by atoms with van der Waals surface area (Å²) in [7, 11) is 3.99. The van der Waals surface area contributed by atoms with Crippen molar-refractivity contribution in [3.8, 4) is 0 Å². The van der Waals surface area contributed by atoms with Crippen LogP contribution < -0.4 is 4.90 Å². The zero-order chi connectivity index (χ0) is 13.3. The molecule has 2 rings (SSSR count). The topological polar surface area (TPSA) is 21.1 Å². The average Bonchev–Trinajstić information content (AvgIpc) is 2.62. The third kappa shape index (κ3) is 2.23. The van der Waals surface area contributed by atoms with Gasteiger partial charge in [0.05, 0.1) is 11.6 Å². The molecule has 0 radical (unpaired) electrons. The molecule has 0 unspecified atom stereocenters. The Morgan fingerprint density at radius 1 is 1.33 bits per heavy atom. The summed E-state index contributed by atoms with van der Waals surface area (Å²) < 4.78 is 1.88. The van der Waals surface area contributed by atoms with Gasteiger partial charge in [0.1, 0.15) is 5.82 Å². The van der Waals surface area contributed by atoms with Gasteiger partial charge in [0.15, 0.2) is 0 Å². The summed E-state index contributed by atoms with van der Waals surface area (Å²) in [5.41, 5.74) is 4.46. The van der Waals surface area contributed by atoms with Crippen LogP contribution in [0.4, 0.5) is 11.5 Å². The molecule has 0 saturated heterocycles. The van der Waals surface area contributed by atoms with Gasteiger partial charge in [0, 0.05) is 25.3 Å². The Balaban J connectivity index is 2.48. The minimum absolute atomic E-state index is 0.477. The highest BCUT2D eigenvalue weighted by Gasteiger charge is 2.17. The van der Waals surface area contributed by atoms with Crippen LogP contribution in [0.2, 0.25) is 0 Å². The van der Waals surface area contributed by atoms with E-state index in [1.807, 2.05) is 25.7 Å². The van der Waals surface area contributed by atoms with Gasteiger partial charge in [-0.3, -0.25) is 4.68 Å². The van der Waals surface area contributed by atoms with Crippen LogP contribution in [-0.2, 0) is 12.9 Å². The molecule has 4 heteroatoms. The van der Waals surface area contributed by atoms with Crippen LogP contribution in [-0.4, -0.2) is 16.8 Å². The summed E-state index contributed by atoms with van der Waals surface area (Å²) in [4.78, 5) is 2.13. The maximum atomic E-state index is 6.03. The molecule has 0 amide bonds. The lowest BCUT2D eigenvalue weighted by Gasteiger charge is -2.21. The van der Waals surface area contributed by atoms with E-state index in [4.69, 9.17) is 11.6 Å². The molecule has 0 fully saturated rings. The van der Waals surface area contributed by atoms with E-state index in [1.165, 1.54) is 5.56 Å². The fourth-order valence-electron chi connectivity index (χ4n) is 2.22. The molecule has 0 aliphatic heterocycles. The number of rotatable bonds is 3. The highest BCUT2D eigenvalue weighted by molar-refractivity contribution is 6.17. The maximum Gasteiger partial charge on any atom is 0.135 e. The summed E-state index contributed by atoms with van der Waals surface area (Å²) in [6.07, 6.45) is 0. The van der Waals surface area contributed by atoms with Crippen molar-refractivity contribution in [1.29, 1.82) is 0 Å². The lowest BCUT2D eigenvalue weighted by atomic mass is 10.2. The number of alkyl halides is 1. The van der Waals surface area contributed by atoms with Crippen molar-refractivity contribution in [2.45, 2.75) is 19.7 Å². The molecule has 1 aromatic heterocycles. The number of aryl methyl sites for hydroxylation is 3. The summed E-state index contributed by atoms with van der Waals surface area (Å²) >= 11 is 6.03. The SMILES string of the molecule is Cc1cccc(N(C)c2c(CCl)c(C)nn2C)c1. The van der Waals surface area contributed by atoms with Crippen molar-refractivity contribution in [2.75, 3.05) is 11.9 Å². The van der Waals surface area contributed by atoms with Crippen molar-refractivity contribution < 1.29 is 0 Å². The third-order valence-corrected chi connectivity index (χ3v) is 3.42. The van der Waals surface area contributed by atoms with Crippen molar-refractivity contribution >= 4 is 23.1 Å². The summed E-state index contributed by atoms with van der Waals surface area (Å²) in [5.74, 6) is 1.53. The predicted molar refractivity (Wildman–Crippen MR) is 76.7 cm³/mol. The molecule has 1 aromatic carbocycles. The van der Waals surface area contributed by atoms with E-state index in [-0.39, 0.29) is 0 Å². The second kappa shape index (κ2) is 5.02.